The van der Waals surface area contributed by atoms with Gasteiger partial charge in [-0.25, -0.2) is 0 Å². The fraction of sp³-hybridized carbons (Fsp3) is 0.333. The van der Waals surface area contributed by atoms with Crippen LogP contribution in [0.25, 0.3) is 0 Å². The van der Waals surface area contributed by atoms with Crippen LogP contribution >= 0.6 is 27.5 Å². The fourth-order valence-electron chi connectivity index (χ4n) is 1.18. The molecular weight excluding hydrogens is 269 g/mol. The van der Waals surface area contributed by atoms with Crippen LogP contribution in [0.2, 0.25) is 0 Å². The van der Waals surface area contributed by atoms with Crippen LogP contribution in [0.5, 0.6) is 0 Å². The molecule has 0 aliphatic heterocycles. The van der Waals surface area contributed by atoms with Crippen molar-refractivity contribution in [1.82, 2.24) is 0 Å². The molecule has 3 nitrogen and oxygen atoms in total. The molecule has 0 spiro atoms. The third-order valence-electron chi connectivity index (χ3n) is 1.75. The molecule has 0 amide bonds. The van der Waals surface area contributed by atoms with E-state index in [1.54, 1.807) is 12.1 Å². The minimum absolute atomic E-state index is 0.102. The van der Waals surface area contributed by atoms with E-state index in [1.165, 1.54) is 6.07 Å². The Kier molecular flexibility index (Phi) is 3.89. The second kappa shape index (κ2) is 4.75. The molecule has 1 aromatic rings. The van der Waals surface area contributed by atoms with E-state index in [1.807, 2.05) is 6.92 Å². The lowest BCUT2D eigenvalue weighted by molar-refractivity contribution is -0.385. The number of alkyl halides is 1. The molecule has 0 bridgehead atoms. The van der Waals surface area contributed by atoms with Crippen LogP contribution in [0, 0.1) is 10.1 Å². The summed E-state index contributed by atoms with van der Waals surface area (Å²) in [6.07, 6.45) is 0.505. The number of hydrogen-bond donors (Lipinski definition) is 0. The maximum atomic E-state index is 10.7. The van der Waals surface area contributed by atoms with E-state index in [4.69, 9.17) is 11.6 Å². The number of nitro groups is 1. The van der Waals surface area contributed by atoms with Gasteiger partial charge in [0, 0.05) is 21.5 Å². The molecule has 5 heteroatoms. The SMILES string of the molecule is CC(Cl)Cc1ccc(Br)cc1[N+](=O)[O-]. The van der Waals surface area contributed by atoms with E-state index in [-0.39, 0.29) is 16.0 Å². The highest BCUT2D eigenvalue weighted by Crippen LogP contribution is 2.25. The van der Waals surface area contributed by atoms with E-state index in [2.05, 4.69) is 15.9 Å². The number of rotatable bonds is 3. The summed E-state index contributed by atoms with van der Waals surface area (Å²) in [7, 11) is 0. The first-order valence-corrected chi connectivity index (χ1v) is 5.30. The molecule has 14 heavy (non-hydrogen) atoms. The monoisotopic (exact) mass is 277 g/mol. The number of nitrogens with zero attached hydrogens (tertiary/aromatic N) is 1. The number of benzene rings is 1. The molecule has 0 aromatic heterocycles. The molecule has 1 rings (SSSR count). The Bertz CT molecular complexity index is 355. The van der Waals surface area contributed by atoms with Gasteiger partial charge in [-0.15, -0.1) is 11.6 Å². The van der Waals surface area contributed by atoms with Crippen molar-refractivity contribution >= 4 is 33.2 Å². The molecule has 0 radical (unpaired) electrons. The zero-order valence-corrected chi connectivity index (χ0v) is 9.88. The second-order valence-electron chi connectivity index (χ2n) is 3.02. The quantitative estimate of drug-likeness (QED) is 0.482. The minimum Gasteiger partial charge on any atom is -0.258 e. The topological polar surface area (TPSA) is 43.1 Å². The molecule has 0 N–H and O–H groups in total. The standard InChI is InChI=1S/C9H9BrClNO2/c1-6(11)4-7-2-3-8(10)5-9(7)12(13)14/h2-3,5-6H,4H2,1H3. The maximum absolute atomic E-state index is 10.7. The zero-order valence-electron chi connectivity index (χ0n) is 7.54. The van der Waals surface area contributed by atoms with E-state index >= 15 is 0 Å². The fourth-order valence-corrected chi connectivity index (χ4v) is 1.70. The van der Waals surface area contributed by atoms with Crippen molar-refractivity contribution in [2.75, 3.05) is 0 Å². The van der Waals surface area contributed by atoms with Crippen molar-refractivity contribution in [1.29, 1.82) is 0 Å². The van der Waals surface area contributed by atoms with E-state index < -0.39 is 0 Å². The maximum Gasteiger partial charge on any atom is 0.273 e. The summed E-state index contributed by atoms with van der Waals surface area (Å²) in [6.45, 7) is 1.81. The molecule has 1 aromatic carbocycles. The molecule has 1 atom stereocenters. The Morgan fingerprint density at radius 3 is 2.79 bits per heavy atom. The van der Waals surface area contributed by atoms with Crippen LogP contribution in [0.1, 0.15) is 12.5 Å². The van der Waals surface area contributed by atoms with Gasteiger partial charge in [-0.05, 0) is 19.4 Å². The predicted octanol–water partition coefficient (Wildman–Crippen LogP) is 3.53. The van der Waals surface area contributed by atoms with Gasteiger partial charge in [0.05, 0.1) is 4.92 Å². The molecule has 0 aliphatic rings. The number of halogens is 2. The zero-order chi connectivity index (χ0) is 10.7. The summed E-state index contributed by atoms with van der Waals surface area (Å²) in [5, 5.41) is 10.6. The summed E-state index contributed by atoms with van der Waals surface area (Å²) < 4.78 is 0.704. The van der Waals surface area contributed by atoms with Gasteiger partial charge in [-0.3, -0.25) is 10.1 Å². The van der Waals surface area contributed by atoms with E-state index in [0.29, 0.717) is 16.5 Å². The second-order valence-corrected chi connectivity index (χ2v) is 4.68. The summed E-state index contributed by atoms with van der Waals surface area (Å²) in [5.41, 5.74) is 0.785. The summed E-state index contributed by atoms with van der Waals surface area (Å²) >= 11 is 8.99. The van der Waals surface area contributed by atoms with Crippen molar-refractivity contribution in [3.8, 4) is 0 Å². The summed E-state index contributed by atoms with van der Waals surface area (Å²) in [6, 6.07) is 5.00. The van der Waals surface area contributed by atoms with Crippen molar-refractivity contribution < 1.29 is 4.92 Å². The molecular formula is C9H9BrClNO2. The Morgan fingerprint density at radius 2 is 2.29 bits per heavy atom. The molecule has 0 fully saturated rings. The minimum atomic E-state index is -0.390. The molecule has 0 aliphatic carbocycles. The molecule has 1 unspecified atom stereocenters. The number of nitro benzene ring substituents is 1. The van der Waals surface area contributed by atoms with Crippen LogP contribution in [-0.2, 0) is 6.42 Å². The first-order chi connectivity index (χ1) is 6.50. The average molecular weight is 279 g/mol. The molecule has 76 valence electrons. The van der Waals surface area contributed by atoms with Crippen LogP contribution in [0.4, 0.5) is 5.69 Å². The van der Waals surface area contributed by atoms with Gasteiger partial charge in [-0.1, -0.05) is 22.0 Å². The van der Waals surface area contributed by atoms with Crippen molar-refractivity contribution in [2.45, 2.75) is 18.7 Å². The van der Waals surface area contributed by atoms with Crippen LogP contribution in [0.15, 0.2) is 22.7 Å². The number of hydrogen-bond acceptors (Lipinski definition) is 2. The largest absolute Gasteiger partial charge is 0.273 e. The normalized spacial score (nSPS) is 12.5. The van der Waals surface area contributed by atoms with Crippen molar-refractivity contribution in [3.05, 3.63) is 38.3 Å². The van der Waals surface area contributed by atoms with Gasteiger partial charge >= 0.3 is 0 Å². The first kappa shape index (κ1) is 11.5. The highest BCUT2D eigenvalue weighted by atomic mass is 79.9. The molecule has 0 saturated heterocycles. The van der Waals surface area contributed by atoms with Gasteiger partial charge in [0.15, 0.2) is 0 Å². The van der Waals surface area contributed by atoms with Gasteiger partial charge in [0.1, 0.15) is 0 Å². The Balaban J connectivity index is 3.08. The average Bonchev–Trinajstić information content (AvgIpc) is 2.07. The third-order valence-corrected chi connectivity index (χ3v) is 2.39. The van der Waals surface area contributed by atoms with Crippen LogP contribution in [0.3, 0.4) is 0 Å². The highest BCUT2D eigenvalue weighted by molar-refractivity contribution is 9.10. The van der Waals surface area contributed by atoms with Crippen molar-refractivity contribution in [2.24, 2.45) is 0 Å². The summed E-state index contributed by atoms with van der Waals surface area (Å²) in [5.74, 6) is 0. The van der Waals surface area contributed by atoms with E-state index in [0.717, 1.165) is 0 Å². The first-order valence-electron chi connectivity index (χ1n) is 4.07. The van der Waals surface area contributed by atoms with Gasteiger partial charge in [0.25, 0.3) is 5.69 Å². The van der Waals surface area contributed by atoms with Crippen molar-refractivity contribution in [3.63, 3.8) is 0 Å². The Morgan fingerprint density at radius 1 is 1.64 bits per heavy atom. The van der Waals surface area contributed by atoms with Gasteiger partial charge < -0.3 is 0 Å². The lowest BCUT2D eigenvalue weighted by Gasteiger charge is -2.04. The van der Waals surface area contributed by atoms with Crippen LogP contribution < -0.4 is 0 Å². The Labute approximate surface area is 95.4 Å². The lowest BCUT2D eigenvalue weighted by Crippen LogP contribution is -2.01. The summed E-state index contributed by atoms with van der Waals surface area (Å²) in [4.78, 5) is 10.3. The van der Waals surface area contributed by atoms with E-state index in [9.17, 15) is 10.1 Å². The highest BCUT2D eigenvalue weighted by Gasteiger charge is 2.15. The lowest BCUT2D eigenvalue weighted by atomic mass is 10.1. The smallest absolute Gasteiger partial charge is 0.258 e. The van der Waals surface area contributed by atoms with Gasteiger partial charge in [0.2, 0.25) is 0 Å². The molecule has 0 heterocycles. The predicted molar refractivity (Wildman–Crippen MR) is 59.8 cm³/mol. The van der Waals surface area contributed by atoms with Crippen LogP contribution in [-0.4, -0.2) is 10.3 Å². The molecule has 0 saturated carbocycles. The third kappa shape index (κ3) is 2.96. The Hall–Kier alpha value is -0.610. The van der Waals surface area contributed by atoms with Gasteiger partial charge in [-0.2, -0.15) is 0 Å².